The number of nitrogens with zero attached hydrogens (tertiary/aromatic N) is 1. The third kappa shape index (κ3) is 1.74. The quantitative estimate of drug-likeness (QED) is 0.683. The fourth-order valence-corrected chi connectivity index (χ4v) is 0.846. The third-order valence-corrected chi connectivity index (χ3v) is 1.48. The number of aromatic nitrogens is 1. The number of ether oxygens (including phenoxy) is 2. The Balaban J connectivity index is 3.02. The van der Waals surface area contributed by atoms with E-state index in [-0.39, 0.29) is 0 Å². The molecule has 0 fully saturated rings. The van der Waals surface area contributed by atoms with Crippen LogP contribution < -0.4 is 9.47 Å². The lowest BCUT2D eigenvalue weighted by Crippen LogP contribution is -1.91. The second-order valence-corrected chi connectivity index (χ2v) is 2.25. The molecule has 0 spiro atoms. The summed E-state index contributed by atoms with van der Waals surface area (Å²) < 4.78 is 9.73. The van der Waals surface area contributed by atoms with Crippen LogP contribution in [0.5, 0.6) is 11.8 Å². The lowest BCUT2D eigenvalue weighted by Gasteiger charge is -2.02. The minimum atomic E-state index is 0.381. The van der Waals surface area contributed by atoms with E-state index >= 15 is 0 Å². The topological polar surface area (TPSA) is 31.4 Å². The van der Waals surface area contributed by atoms with Crippen LogP contribution in [0.15, 0.2) is 12.1 Å². The zero-order valence-electron chi connectivity index (χ0n) is 6.30. The molecular formula is C7H8ClNO2. The first-order chi connectivity index (χ1) is 5.27. The number of pyridine rings is 1. The average molecular weight is 174 g/mol. The molecule has 1 aromatic heterocycles. The molecular weight excluding hydrogens is 166 g/mol. The van der Waals surface area contributed by atoms with Crippen LogP contribution in [0.25, 0.3) is 0 Å². The van der Waals surface area contributed by atoms with Gasteiger partial charge in [0.25, 0.3) is 0 Å². The molecule has 60 valence electrons. The highest BCUT2D eigenvalue weighted by Crippen LogP contribution is 2.23. The molecule has 11 heavy (non-hydrogen) atoms. The van der Waals surface area contributed by atoms with Crippen molar-refractivity contribution in [2.45, 2.75) is 0 Å². The van der Waals surface area contributed by atoms with Gasteiger partial charge in [-0.15, -0.1) is 0 Å². The van der Waals surface area contributed by atoms with Crippen molar-refractivity contribution >= 4 is 11.6 Å². The van der Waals surface area contributed by atoms with Crippen LogP contribution in [0, 0.1) is 0 Å². The predicted octanol–water partition coefficient (Wildman–Crippen LogP) is 1.75. The summed E-state index contributed by atoms with van der Waals surface area (Å²) in [5.74, 6) is 0.872. The molecule has 0 saturated heterocycles. The SMILES string of the molecule is COc1ccc(Cl)c(OC)n1. The van der Waals surface area contributed by atoms with Crippen LogP contribution in [-0.2, 0) is 0 Å². The van der Waals surface area contributed by atoms with E-state index in [4.69, 9.17) is 21.1 Å². The van der Waals surface area contributed by atoms with E-state index in [1.807, 2.05) is 0 Å². The van der Waals surface area contributed by atoms with Crippen molar-refractivity contribution in [3.63, 3.8) is 0 Å². The van der Waals surface area contributed by atoms with Gasteiger partial charge >= 0.3 is 0 Å². The monoisotopic (exact) mass is 173 g/mol. The van der Waals surface area contributed by atoms with Gasteiger partial charge in [-0.25, -0.2) is 0 Å². The Morgan fingerprint density at radius 2 is 2.00 bits per heavy atom. The zero-order valence-corrected chi connectivity index (χ0v) is 7.05. The Bertz CT molecular complexity index is 252. The predicted molar refractivity (Wildman–Crippen MR) is 42.4 cm³/mol. The van der Waals surface area contributed by atoms with E-state index in [0.717, 1.165) is 0 Å². The van der Waals surface area contributed by atoms with Crippen LogP contribution >= 0.6 is 11.6 Å². The molecule has 0 amide bonds. The van der Waals surface area contributed by atoms with Gasteiger partial charge in [-0.05, 0) is 6.07 Å². The maximum atomic E-state index is 5.71. The first-order valence-electron chi connectivity index (χ1n) is 3.02. The largest absolute Gasteiger partial charge is 0.481 e. The third-order valence-electron chi connectivity index (χ3n) is 1.19. The lowest BCUT2D eigenvalue weighted by molar-refractivity contribution is 0.365. The molecule has 0 atom stereocenters. The molecule has 0 radical (unpaired) electrons. The van der Waals surface area contributed by atoms with Gasteiger partial charge in [0.05, 0.1) is 14.2 Å². The Morgan fingerprint density at radius 3 is 2.55 bits per heavy atom. The lowest BCUT2D eigenvalue weighted by atomic mass is 10.5. The van der Waals surface area contributed by atoms with Gasteiger partial charge in [-0.3, -0.25) is 0 Å². The van der Waals surface area contributed by atoms with E-state index in [9.17, 15) is 0 Å². The molecule has 0 bridgehead atoms. The van der Waals surface area contributed by atoms with Crippen molar-refractivity contribution < 1.29 is 9.47 Å². The average Bonchev–Trinajstić information content (AvgIpc) is 2.05. The summed E-state index contributed by atoms with van der Waals surface area (Å²) in [4.78, 5) is 3.93. The van der Waals surface area contributed by atoms with Gasteiger partial charge in [0.15, 0.2) is 0 Å². The molecule has 1 rings (SSSR count). The minimum Gasteiger partial charge on any atom is -0.481 e. The summed E-state index contributed by atoms with van der Waals surface area (Å²) in [6, 6.07) is 3.34. The summed E-state index contributed by atoms with van der Waals surface area (Å²) in [5.41, 5.74) is 0. The minimum absolute atomic E-state index is 0.381. The number of rotatable bonds is 2. The maximum Gasteiger partial charge on any atom is 0.235 e. The molecule has 1 heterocycles. The first kappa shape index (κ1) is 8.14. The normalized spacial score (nSPS) is 9.36. The van der Waals surface area contributed by atoms with Crippen LogP contribution in [-0.4, -0.2) is 19.2 Å². The van der Waals surface area contributed by atoms with E-state index in [0.29, 0.717) is 16.8 Å². The van der Waals surface area contributed by atoms with Crippen molar-refractivity contribution in [1.82, 2.24) is 4.98 Å². The van der Waals surface area contributed by atoms with Crippen molar-refractivity contribution in [3.8, 4) is 11.8 Å². The summed E-state index contributed by atoms with van der Waals surface area (Å²) in [7, 11) is 3.04. The highest BCUT2D eigenvalue weighted by molar-refractivity contribution is 6.31. The maximum absolute atomic E-state index is 5.71. The Labute approximate surface area is 69.9 Å². The van der Waals surface area contributed by atoms with Crippen LogP contribution in [0.2, 0.25) is 5.02 Å². The Hall–Kier alpha value is -0.960. The van der Waals surface area contributed by atoms with E-state index < -0.39 is 0 Å². The number of methoxy groups -OCH3 is 2. The van der Waals surface area contributed by atoms with Gasteiger partial charge in [0, 0.05) is 6.07 Å². The summed E-state index contributed by atoms with van der Waals surface area (Å²) in [5, 5.41) is 0.480. The second-order valence-electron chi connectivity index (χ2n) is 1.84. The molecule has 4 heteroatoms. The molecule has 3 nitrogen and oxygen atoms in total. The summed E-state index contributed by atoms with van der Waals surface area (Å²) in [6.07, 6.45) is 0. The van der Waals surface area contributed by atoms with Gasteiger partial charge in [-0.2, -0.15) is 4.98 Å². The van der Waals surface area contributed by atoms with E-state index in [2.05, 4.69) is 4.98 Å². The Morgan fingerprint density at radius 1 is 1.27 bits per heavy atom. The highest BCUT2D eigenvalue weighted by Gasteiger charge is 2.02. The standard InChI is InChI=1S/C7H8ClNO2/c1-10-6-4-3-5(8)7(9-6)11-2/h3-4H,1-2H3. The first-order valence-corrected chi connectivity index (χ1v) is 3.40. The second kappa shape index (κ2) is 3.44. The van der Waals surface area contributed by atoms with Gasteiger partial charge in [0.1, 0.15) is 5.02 Å². The smallest absolute Gasteiger partial charge is 0.235 e. The fourth-order valence-electron chi connectivity index (χ4n) is 0.663. The van der Waals surface area contributed by atoms with Gasteiger partial charge < -0.3 is 9.47 Å². The van der Waals surface area contributed by atoms with Crippen molar-refractivity contribution in [2.75, 3.05) is 14.2 Å². The van der Waals surface area contributed by atoms with Crippen molar-refractivity contribution in [1.29, 1.82) is 0 Å². The van der Waals surface area contributed by atoms with Crippen LogP contribution in [0.4, 0.5) is 0 Å². The molecule has 0 aromatic carbocycles. The molecule has 0 N–H and O–H groups in total. The van der Waals surface area contributed by atoms with Crippen molar-refractivity contribution in [3.05, 3.63) is 17.2 Å². The number of hydrogen-bond donors (Lipinski definition) is 0. The number of hydrogen-bond acceptors (Lipinski definition) is 3. The molecule has 0 aliphatic rings. The fraction of sp³-hybridized carbons (Fsp3) is 0.286. The number of halogens is 1. The zero-order chi connectivity index (χ0) is 8.27. The Kier molecular flexibility index (Phi) is 2.54. The van der Waals surface area contributed by atoms with E-state index in [1.54, 1.807) is 12.1 Å². The van der Waals surface area contributed by atoms with Crippen LogP contribution in [0.3, 0.4) is 0 Å². The van der Waals surface area contributed by atoms with E-state index in [1.165, 1.54) is 14.2 Å². The summed E-state index contributed by atoms with van der Waals surface area (Å²) >= 11 is 5.71. The highest BCUT2D eigenvalue weighted by atomic mass is 35.5. The van der Waals surface area contributed by atoms with Gasteiger partial charge in [-0.1, -0.05) is 11.6 Å². The summed E-state index contributed by atoms with van der Waals surface area (Å²) in [6.45, 7) is 0. The molecule has 0 aliphatic heterocycles. The van der Waals surface area contributed by atoms with Crippen LogP contribution in [0.1, 0.15) is 0 Å². The molecule has 0 unspecified atom stereocenters. The molecule has 0 saturated carbocycles. The molecule has 1 aromatic rings. The van der Waals surface area contributed by atoms with Gasteiger partial charge in [0.2, 0.25) is 11.8 Å². The van der Waals surface area contributed by atoms with Crippen molar-refractivity contribution in [2.24, 2.45) is 0 Å². The molecule has 0 aliphatic carbocycles.